The molecule has 6 heteroatoms. The van der Waals surface area contributed by atoms with Crippen LogP contribution < -0.4 is 4.74 Å². The quantitative estimate of drug-likeness (QED) is 0.855. The van der Waals surface area contributed by atoms with Gasteiger partial charge in [-0.1, -0.05) is 23.7 Å². The topological polar surface area (TPSA) is 42.4 Å². The van der Waals surface area contributed by atoms with Gasteiger partial charge in [0.2, 0.25) is 0 Å². The number of hydrogen-bond donors (Lipinski definition) is 0. The van der Waals surface area contributed by atoms with Crippen molar-refractivity contribution in [2.24, 2.45) is 0 Å². The van der Waals surface area contributed by atoms with Crippen LogP contribution in [0.1, 0.15) is 15.2 Å². The number of carbonyl (C=O) groups is 1. The SMILES string of the molecule is O=C1c2ccccc2OCCN1Cc1cnc(Cl)s1. The smallest absolute Gasteiger partial charge is 0.258 e. The van der Waals surface area contributed by atoms with Gasteiger partial charge in [0.1, 0.15) is 12.4 Å². The molecule has 0 saturated heterocycles. The van der Waals surface area contributed by atoms with Gasteiger partial charge in [0.15, 0.2) is 4.47 Å². The largest absolute Gasteiger partial charge is 0.491 e. The van der Waals surface area contributed by atoms with E-state index in [-0.39, 0.29) is 5.91 Å². The number of ether oxygens (including phenoxy) is 1. The van der Waals surface area contributed by atoms with Crippen molar-refractivity contribution in [2.75, 3.05) is 13.2 Å². The first-order valence-corrected chi connectivity index (χ1v) is 7.05. The van der Waals surface area contributed by atoms with Gasteiger partial charge in [-0.2, -0.15) is 0 Å². The summed E-state index contributed by atoms with van der Waals surface area (Å²) in [6.07, 6.45) is 1.71. The second kappa shape index (κ2) is 5.19. The Morgan fingerprint density at radius 2 is 2.26 bits per heavy atom. The van der Waals surface area contributed by atoms with Crippen LogP contribution >= 0.6 is 22.9 Å². The maximum Gasteiger partial charge on any atom is 0.258 e. The van der Waals surface area contributed by atoms with E-state index in [1.165, 1.54) is 11.3 Å². The van der Waals surface area contributed by atoms with Gasteiger partial charge in [-0.3, -0.25) is 4.79 Å². The Bertz CT molecular complexity index is 614. The average molecular weight is 295 g/mol. The van der Waals surface area contributed by atoms with E-state index in [2.05, 4.69) is 4.98 Å². The van der Waals surface area contributed by atoms with E-state index in [0.29, 0.717) is 35.5 Å². The fourth-order valence-electron chi connectivity index (χ4n) is 2.00. The van der Waals surface area contributed by atoms with Crippen molar-refractivity contribution in [3.8, 4) is 5.75 Å². The first kappa shape index (κ1) is 12.4. The zero-order valence-electron chi connectivity index (χ0n) is 10.0. The lowest BCUT2D eigenvalue weighted by atomic mass is 10.2. The fourth-order valence-corrected chi connectivity index (χ4v) is 3.00. The van der Waals surface area contributed by atoms with Gasteiger partial charge in [-0.15, -0.1) is 11.3 Å². The van der Waals surface area contributed by atoms with Crippen LogP contribution in [0.2, 0.25) is 4.47 Å². The van der Waals surface area contributed by atoms with Crippen molar-refractivity contribution in [1.82, 2.24) is 9.88 Å². The first-order chi connectivity index (χ1) is 9.24. The van der Waals surface area contributed by atoms with Gasteiger partial charge < -0.3 is 9.64 Å². The molecule has 0 atom stereocenters. The Morgan fingerprint density at radius 3 is 3.05 bits per heavy atom. The third-order valence-corrected chi connectivity index (χ3v) is 4.00. The molecule has 2 heterocycles. The number of halogens is 1. The van der Waals surface area contributed by atoms with E-state index >= 15 is 0 Å². The molecule has 1 amide bonds. The molecule has 19 heavy (non-hydrogen) atoms. The Kier molecular flexibility index (Phi) is 3.40. The molecular weight excluding hydrogens is 284 g/mol. The van der Waals surface area contributed by atoms with Crippen LogP contribution in [0.5, 0.6) is 5.75 Å². The number of thiazole rings is 1. The number of amides is 1. The molecule has 0 unspecified atom stereocenters. The molecule has 1 aliphatic heterocycles. The molecule has 1 aliphatic rings. The van der Waals surface area contributed by atoms with E-state index in [1.54, 1.807) is 17.2 Å². The molecule has 0 fully saturated rings. The fraction of sp³-hybridized carbons (Fsp3) is 0.231. The number of nitrogens with zero attached hydrogens (tertiary/aromatic N) is 2. The summed E-state index contributed by atoms with van der Waals surface area (Å²) in [5.41, 5.74) is 0.607. The van der Waals surface area contributed by atoms with E-state index in [1.807, 2.05) is 18.2 Å². The van der Waals surface area contributed by atoms with Gasteiger partial charge in [0, 0.05) is 11.1 Å². The van der Waals surface area contributed by atoms with Crippen LogP contribution in [0.3, 0.4) is 0 Å². The molecule has 0 spiro atoms. The summed E-state index contributed by atoms with van der Waals surface area (Å²) < 4.78 is 6.09. The monoisotopic (exact) mass is 294 g/mol. The molecule has 0 saturated carbocycles. The molecule has 4 nitrogen and oxygen atoms in total. The molecule has 0 N–H and O–H groups in total. The van der Waals surface area contributed by atoms with Crippen molar-refractivity contribution in [3.05, 3.63) is 45.4 Å². The normalized spacial score (nSPS) is 14.8. The van der Waals surface area contributed by atoms with Gasteiger partial charge in [0.05, 0.1) is 18.7 Å². The summed E-state index contributed by atoms with van der Waals surface area (Å²) in [5, 5.41) is 0. The number of rotatable bonds is 2. The third kappa shape index (κ3) is 2.57. The van der Waals surface area contributed by atoms with Crippen LogP contribution in [-0.4, -0.2) is 28.9 Å². The third-order valence-electron chi connectivity index (χ3n) is 2.90. The average Bonchev–Trinajstić information content (AvgIpc) is 2.75. The lowest BCUT2D eigenvalue weighted by Crippen LogP contribution is -2.31. The van der Waals surface area contributed by atoms with E-state index in [9.17, 15) is 4.79 Å². The highest BCUT2D eigenvalue weighted by atomic mass is 35.5. The molecular formula is C13H11ClN2O2S. The Hall–Kier alpha value is -1.59. The molecule has 0 bridgehead atoms. The summed E-state index contributed by atoms with van der Waals surface area (Å²) >= 11 is 7.20. The number of carbonyl (C=O) groups excluding carboxylic acids is 1. The number of hydrogen-bond acceptors (Lipinski definition) is 4. The van der Waals surface area contributed by atoms with Crippen LogP contribution in [0.15, 0.2) is 30.5 Å². The summed E-state index contributed by atoms with van der Waals surface area (Å²) in [6, 6.07) is 7.31. The van der Waals surface area contributed by atoms with Crippen molar-refractivity contribution < 1.29 is 9.53 Å². The number of para-hydroxylation sites is 1. The summed E-state index contributed by atoms with van der Waals surface area (Å²) in [4.78, 5) is 19.2. The van der Waals surface area contributed by atoms with E-state index in [4.69, 9.17) is 16.3 Å². The van der Waals surface area contributed by atoms with Crippen LogP contribution in [-0.2, 0) is 6.54 Å². The number of fused-ring (bicyclic) bond motifs is 1. The highest BCUT2D eigenvalue weighted by Gasteiger charge is 2.23. The standard InChI is InChI=1S/C13H11ClN2O2S/c14-13-15-7-9(19-13)8-16-5-6-18-11-4-2-1-3-10(11)12(16)17/h1-4,7H,5-6,8H2. The summed E-state index contributed by atoms with van der Waals surface area (Å²) in [5.74, 6) is 0.634. The molecule has 0 radical (unpaired) electrons. The van der Waals surface area contributed by atoms with Crippen LogP contribution in [0.4, 0.5) is 0 Å². The van der Waals surface area contributed by atoms with E-state index in [0.717, 1.165) is 4.88 Å². The molecule has 0 aliphatic carbocycles. The maximum atomic E-state index is 12.4. The predicted octanol–water partition coefficient (Wildman–Crippen LogP) is 2.83. The molecule has 2 aromatic rings. The van der Waals surface area contributed by atoms with Gasteiger partial charge in [0.25, 0.3) is 5.91 Å². The second-order valence-electron chi connectivity index (χ2n) is 4.15. The lowest BCUT2D eigenvalue weighted by Gasteiger charge is -2.18. The highest BCUT2D eigenvalue weighted by molar-refractivity contribution is 7.15. The summed E-state index contributed by atoms with van der Waals surface area (Å²) in [6.45, 7) is 1.57. The Labute approximate surface area is 119 Å². The van der Waals surface area contributed by atoms with Crippen molar-refractivity contribution >= 4 is 28.8 Å². The highest BCUT2D eigenvalue weighted by Crippen LogP contribution is 2.25. The Morgan fingerprint density at radius 1 is 1.42 bits per heavy atom. The minimum atomic E-state index is -0.0161. The van der Waals surface area contributed by atoms with Crippen molar-refractivity contribution in [2.45, 2.75) is 6.54 Å². The minimum absolute atomic E-state index is 0.0161. The van der Waals surface area contributed by atoms with Crippen LogP contribution in [0.25, 0.3) is 0 Å². The second-order valence-corrected chi connectivity index (χ2v) is 5.85. The maximum absolute atomic E-state index is 12.4. The Balaban J connectivity index is 1.85. The minimum Gasteiger partial charge on any atom is -0.491 e. The zero-order chi connectivity index (χ0) is 13.2. The zero-order valence-corrected chi connectivity index (χ0v) is 11.6. The predicted molar refractivity (Wildman–Crippen MR) is 73.8 cm³/mol. The molecule has 1 aromatic heterocycles. The van der Waals surface area contributed by atoms with Gasteiger partial charge >= 0.3 is 0 Å². The lowest BCUT2D eigenvalue weighted by molar-refractivity contribution is 0.0744. The van der Waals surface area contributed by atoms with Gasteiger partial charge in [-0.05, 0) is 12.1 Å². The number of benzene rings is 1. The van der Waals surface area contributed by atoms with Crippen molar-refractivity contribution in [1.29, 1.82) is 0 Å². The van der Waals surface area contributed by atoms with Crippen LogP contribution in [0, 0.1) is 0 Å². The number of aromatic nitrogens is 1. The van der Waals surface area contributed by atoms with Crippen molar-refractivity contribution in [3.63, 3.8) is 0 Å². The van der Waals surface area contributed by atoms with E-state index < -0.39 is 0 Å². The molecule has 98 valence electrons. The first-order valence-electron chi connectivity index (χ1n) is 5.85. The molecule has 3 rings (SSSR count). The van der Waals surface area contributed by atoms with Gasteiger partial charge in [-0.25, -0.2) is 4.98 Å². The molecule has 1 aromatic carbocycles. The summed E-state index contributed by atoms with van der Waals surface area (Å²) in [7, 11) is 0.